The molecule has 9 nitrogen and oxygen atoms in total. The highest BCUT2D eigenvalue weighted by atomic mass is 19.1. The van der Waals surface area contributed by atoms with Crippen LogP contribution < -0.4 is 20.5 Å². The van der Waals surface area contributed by atoms with E-state index in [2.05, 4.69) is 20.2 Å². The number of carbonyl (C=O) groups is 1. The Hall–Kier alpha value is -4.70. The van der Waals surface area contributed by atoms with Crippen molar-refractivity contribution in [3.8, 4) is 11.4 Å². The number of carbonyl (C=O) groups excluding carboxylic acids is 1. The number of benzene rings is 3. The van der Waals surface area contributed by atoms with E-state index < -0.39 is 0 Å². The van der Waals surface area contributed by atoms with Crippen molar-refractivity contribution in [2.24, 2.45) is 7.05 Å². The number of halogens is 1. The summed E-state index contributed by atoms with van der Waals surface area (Å²) in [5.74, 6) is 0.132. The van der Waals surface area contributed by atoms with Crippen molar-refractivity contribution >= 4 is 33.4 Å². The summed E-state index contributed by atoms with van der Waals surface area (Å²) >= 11 is 0. The van der Waals surface area contributed by atoms with E-state index in [1.165, 1.54) is 10.7 Å². The Morgan fingerprint density at radius 3 is 2.43 bits per heavy atom. The molecule has 3 heterocycles. The van der Waals surface area contributed by atoms with E-state index in [1.807, 2.05) is 48.0 Å². The summed E-state index contributed by atoms with van der Waals surface area (Å²) in [6.07, 6.45) is 0.752. The van der Waals surface area contributed by atoms with Gasteiger partial charge in [0.15, 0.2) is 5.69 Å². The first-order chi connectivity index (χ1) is 20.5. The minimum atomic E-state index is -0.331. The molecule has 0 saturated carbocycles. The largest absolute Gasteiger partial charge is 0.497 e. The second-order valence-electron chi connectivity index (χ2n) is 10.5. The molecule has 1 aliphatic rings. The zero-order chi connectivity index (χ0) is 29.2. The maximum atomic E-state index is 14.2. The van der Waals surface area contributed by atoms with Gasteiger partial charge in [0, 0.05) is 56.1 Å². The van der Waals surface area contributed by atoms with Crippen LogP contribution in [0.15, 0.2) is 77.6 Å². The first-order valence-corrected chi connectivity index (χ1v) is 14.1. The number of ether oxygens (including phenoxy) is 1. The van der Waals surface area contributed by atoms with Gasteiger partial charge in [-0.3, -0.25) is 14.5 Å². The van der Waals surface area contributed by atoms with Crippen LogP contribution in [0.25, 0.3) is 27.5 Å². The Balaban J connectivity index is 1.19. The second-order valence-corrected chi connectivity index (χ2v) is 10.5. The number of rotatable bonds is 8. The number of hydrogen-bond acceptors (Lipinski definition) is 6. The van der Waals surface area contributed by atoms with E-state index in [0.29, 0.717) is 34.6 Å². The number of anilines is 1. The van der Waals surface area contributed by atoms with Crippen LogP contribution >= 0.6 is 0 Å². The highest BCUT2D eigenvalue weighted by Crippen LogP contribution is 2.28. The molecule has 1 N–H and O–H groups in total. The molecule has 1 amide bonds. The summed E-state index contributed by atoms with van der Waals surface area (Å²) < 4.78 is 22.5. The van der Waals surface area contributed by atoms with Gasteiger partial charge >= 0.3 is 0 Å². The van der Waals surface area contributed by atoms with Gasteiger partial charge in [-0.1, -0.05) is 30.3 Å². The number of nitrogens with one attached hydrogen (secondary N) is 1. The van der Waals surface area contributed by atoms with Gasteiger partial charge in [-0.05, 0) is 55.4 Å². The predicted octanol–water partition coefficient (Wildman–Crippen LogP) is 3.97. The zero-order valence-electron chi connectivity index (χ0n) is 23.7. The van der Waals surface area contributed by atoms with Crippen LogP contribution in [0.2, 0.25) is 0 Å². The summed E-state index contributed by atoms with van der Waals surface area (Å²) in [4.78, 5) is 31.7. The van der Waals surface area contributed by atoms with Crippen LogP contribution in [0.3, 0.4) is 0 Å². The van der Waals surface area contributed by atoms with Gasteiger partial charge in [-0.25, -0.2) is 4.39 Å². The highest BCUT2D eigenvalue weighted by Gasteiger charge is 2.24. The number of aryl methyl sites for hydroxylation is 1. The van der Waals surface area contributed by atoms with Crippen LogP contribution in [0, 0.1) is 5.82 Å². The first kappa shape index (κ1) is 27.5. The Labute approximate surface area is 242 Å². The summed E-state index contributed by atoms with van der Waals surface area (Å²) in [5.41, 5.74) is 2.35. The lowest BCUT2D eigenvalue weighted by atomic mass is 10.1. The molecule has 10 heteroatoms. The molecule has 0 spiro atoms. The van der Waals surface area contributed by atoms with E-state index in [9.17, 15) is 14.0 Å². The molecule has 0 atom stereocenters. The second kappa shape index (κ2) is 11.7. The average Bonchev–Trinajstić information content (AvgIpc) is 3.33. The third-order valence-corrected chi connectivity index (χ3v) is 7.97. The van der Waals surface area contributed by atoms with Crippen LogP contribution in [0.4, 0.5) is 10.1 Å². The SMILES string of the molecule is COc1ccc(-n2nc(C(=O)NCCCN3CCN(c4ccccc4F)CC3)c3c4ccccc4n(C)c3c2=O)cc1. The molecule has 1 fully saturated rings. The van der Waals surface area contributed by atoms with Crippen LogP contribution in [-0.4, -0.2) is 71.5 Å². The molecule has 6 rings (SSSR count). The topological polar surface area (TPSA) is 84.6 Å². The van der Waals surface area contributed by atoms with Crippen molar-refractivity contribution in [1.82, 2.24) is 24.6 Å². The van der Waals surface area contributed by atoms with E-state index in [0.717, 1.165) is 50.0 Å². The van der Waals surface area contributed by atoms with Crippen LogP contribution in [-0.2, 0) is 7.05 Å². The number of piperazine rings is 1. The fourth-order valence-corrected chi connectivity index (χ4v) is 5.75. The standard InChI is InChI=1S/C32H33FN6O3/c1-36-26-10-5-3-8-24(26)28-29(35-39(32(41)30(28)36)22-12-14-23(42-2)15-13-22)31(40)34-16-7-17-37-18-20-38(21-19-37)27-11-6-4-9-25(27)33/h3-6,8-15H,7,16-21H2,1-2H3,(H,34,40). The Morgan fingerprint density at radius 2 is 1.69 bits per heavy atom. The molecule has 216 valence electrons. The van der Waals surface area contributed by atoms with Gasteiger partial charge in [-0.2, -0.15) is 9.78 Å². The lowest BCUT2D eigenvalue weighted by Gasteiger charge is -2.36. The third kappa shape index (κ3) is 5.09. The molecule has 42 heavy (non-hydrogen) atoms. The van der Waals surface area contributed by atoms with Gasteiger partial charge in [0.25, 0.3) is 11.5 Å². The number of hydrogen-bond donors (Lipinski definition) is 1. The Morgan fingerprint density at radius 1 is 0.976 bits per heavy atom. The molecule has 0 aliphatic carbocycles. The fourth-order valence-electron chi connectivity index (χ4n) is 5.75. The zero-order valence-corrected chi connectivity index (χ0v) is 23.7. The lowest BCUT2D eigenvalue weighted by molar-refractivity contribution is 0.0946. The summed E-state index contributed by atoms with van der Waals surface area (Å²) in [6.45, 7) is 4.43. The number of amides is 1. The Bertz CT molecular complexity index is 1810. The predicted molar refractivity (Wildman–Crippen MR) is 162 cm³/mol. The fraction of sp³-hybridized carbons (Fsp3) is 0.281. The average molecular weight is 569 g/mol. The highest BCUT2D eigenvalue weighted by molar-refractivity contribution is 6.16. The molecule has 0 unspecified atom stereocenters. The van der Waals surface area contributed by atoms with E-state index in [-0.39, 0.29) is 23.0 Å². The van der Waals surface area contributed by atoms with Crippen molar-refractivity contribution in [3.63, 3.8) is 0 Å². The molecule has 1 saturated heterocycles. The molecular weight excluding hydrogens is 535 g/mol. The van der Waals surface area contributed by atoms with Crippen LogP contribution in [0.5, 0.6) is 5.75 Å². The summed E-state index contributed by atoms with van der Waals surface area (Å²) in [6, 6.07) is 21.5. The number of fused-ring (bicyclic) bond motifs is 3. The maximum Gasteiger partial charge on any atom is 0.296 e. The van der Waals surface area contributed by atoms with Gasteiger partial charge in [-0.15, -0.1) is 0 Å². The normalized spacial score (nSPS) is 14.0. The van der Waals surface area contributed by atoms with Gasteiger partial charge in [0.2, 0.25) is 0 Å². The molecule has 2 aromatic heterocycles. The quantitative estimate of drug-likeness (QED) is 0.285. The summed E-state index contributed by atoms with van der Waals surface area (Å²) in [7, 11) is 3.41. The molecule has 3 aromatic carbocycles. The molecular formula is C32H33FN6O3. The van der Waals surface area contributed by atoms with E-state index in [1.54, 1.807) is 37.4 Å². The van der Waals surface area contributed by atoms with Gasteiger partial charge in [0.1, 0.15) is 17.1 Å². The molecule has 0 radical (unpaired) electrons. The smallest absolute Gasteiger partial charge is 0.296 e. The van der Waals surface area contributed by atoms with Gasteiger partial charge < -0.3 is 19.5 Å². The number of nitrogens with zero attached hydrogens (tertiary/aromatic N) is 5. The van der Waals surface area contributed by atoms with Crippen LogP contribution in [0.1, 0.15) is 16.9 Å². The molecule has 0 bridgehead atoms. The maximum absolute atomic E-state index is 14.2. The summed E-state index contributed by atoms with van der Waals surface area (Å²) in [5, 5.41) is 8.98. The van der Waals surface area contributed by atoms with Crippen molar-refractivity contribution in [3.05, 3.63) is 94.7 Å². The van der Waals surface area contributed by atoms with Gasteiger partial charge in [0.05, 0.1) is 18.5 Å². The van der Waals surface area contributed by atoms with E-state index in [4.69, 9.17) is 4.74 Å². The van der Waals surface area contributed by atoms with Crippen molar-refractivity contribution in [1.29, 1.82) is 0 Å². The minimum absolute atomic E-state index is 0.194. The number of methoxy groups -OCH3 is 1. The first-order valence-electron chi connectivity index (χ1n) is 14.1. The molecule has 1 aliphatic heterocycles. The monoisotopic (exact) mass is 568 g/mol. The van der Waals surface area contributed by atoms with Crippen molar-refractivity contribution in [2.45, 2.75) is 6.42 Å². The molecule has 5 aromatic rings. The van der Waals surface area contributed by atoms with E-state index >= 15 is 0 Å². The third-order valence-electron chi connectivity index (χ3n) is 7.97. The number of aromatic nitrogens is 3. The minimum Gasteiger partial charge on any atom is -0.497 e. The Kier molecular flexibility index (Phi) is 7.62. The number of para-hydroxylation sites is 2. The van der Waals surface area contributed by atoms with Crippen molar-refractivity contribution < 1.29 is 13.9 Å². The lowest BCUT2D eigenvalue weighted by Crippen LogP contribution is -2.47. The van der Waals surface area contributed by atoms with Crippen molar-refractivity contribution in [2.75, 3.05) is 51.3 Å².